The maximum atomic E-state index is 12.8. The first kappa shape index (κ1) is 17.9. The maximum Gasteiger partial charge on any atom is 0.311 e. The summed E-state index contributed by atoms with van der Waals surface area (Å²) in [6, 6.07) is 4.81. The molecule has 6 nitrogen and oxygen atoms in total. The first-order valence-electron chi connectivity index (χ1n) is 8.10. The minimum absolute atomic E-state index is 0.0969. The van der Waals surface area contributed by atoms with Crippen LogP contribution < -0.4 is 4.74 Å². The van der Waals surface area contributed by atoms with Crippen molar-refractivity contribution in [1.82, 2.24) is 4.90 Å². The van der Waals surface area contributed by atoms with Crippen molar-refractivity contribution in [2.24, 2.45) is 0 Å². The van der Waals surface area contributed by atoms with E-state index in [4.69, 9.17) is 17.0 Å². The highest BCUT2D eigenvalue weighted by Crippen LogP contribution is 2.38. The second kappa shape index (κ2) is 7.53. The van der Waals surface area contributed by atoms with Gasteiger partial charge in [-0.25, -0.2) is 0 Å². The molecule has 1 aliphatic carbocycles. The van der Waals surface area contributed by atoms with Crippen LogP contribution in [0, 0.1) is 10.1 Å². The van der Waals surface area contributed by atoms with Gasteiger partial charge in [-0.05, 0) is 30.5 Å². The summed E-state index contributed by atoms with van der Waals surface area (Å²) in [6.45, 7) is 0. The van der Waals surface area contributed by atoms with E-state index in [9.17, 15) is 14.9 Å². The molecule has 0 bridgehead atoms. The molecule has 8 heteroatoms. The fourth-order valence-electron chi connectivity index (χ4n) is 3.22. The summed E-state index contributed by atoms with van der Waals surface area (Å²) in [7, 11) is 1.39. The van der Waals surface area contributed by atoms with Crippen molar-refractivity contribution in [3.63, 3.8) is 0 Å². The van der Waals surface area contributed by atoms with Crippen LogP contribution in [0.4, 0.5) is 5.69 Å². The van der Waals surface area contributed by atoms with Gasteiger partial charge in [0, 0.05) is 12.1 Å². The highest BCUT2D eigenvalue weighted by molar-refractivity contribution is 8.26. The molecule has 2 fully saturated rings. The van der Waals surface area contributed by atoms with Gasteiger partial charge in [-0.2, -0.15) is 0 Å². The molecule has 0 aromatic heterocycles. The van der Waals surface area contributed by atoms with E-state index in [1.165, 1.54) is 37.4 Å². The van der Waals surface area contributed by atoms with Gasteiger partial charge in [0.05, 0.1) is 16.9 Å². The number of methoxy groups -OCH3 is 1. The number of nitro groups is 1. The van der Waals surface area contributed by atoms with Crippen molar-refractivity contribution in [1.29, 1.82) is 0 Å². The topological polar surface area (TPSA) is 72.7 Å². The molecular weight excluding hydrogens is 360 g/mol. The molecule has 0 radical (unpaired) electrons. The molecule has 1 saturated heterocycles. The van der Waals surface area contributed by atoms with E-state index in [0.717, 1.165) is 25.7 Å². The molecule has 1 aromatic rings. The van der Waals surface area contributed by atoms with Crippen molar-refractivity contribution < 1.29 is 14.5 Å². The summed E-state index contributed by atoms with van der Waals surface area (Å²) in [6.07, 6.45) is 7.06. The summed E-state index contributed by atoms with van der Waals surface area (Å²) in [5.74, 6) is 0.0947. The first-order chi connectivity index (χ1) is 12.0. The lowest BCUT2D eigenvalue weighted by Gasteiger charge is -2.29. The highest BCUT2D eigenvalue weighted by Gasteiger charge is 2.37. The zero-order chi connectivity index (χ0) is 18.0. The third kappa shape index (κ3) is 3.69. The number of rotatable bonds is 4. The molecule has 0 unspecified atom stereocenters. The summed E-state index contributed by atoms with van der Waals surface area (Å²) in [4.78, 5) is 25.6. The number of hydrogen-bond acceptors (Lipinski definition) is 6. The molecule has 2 aliphatic rings. The summed E-state index contributed by atoms with van der Waals surface area (Å²) >= 11 is 6.66. The lowest BCUT2D eigenvalue weighted by atomic mass is 9.94. The zero-order valence-corrected chi connectivity index (χ0v) is 15.4. The Morgan fingerprint density at radius 1 is 1.36 bits per heavy atom. The summed E-state index contributed by atoms with van der Waals surface area (Å²) in [5.41, 5.74) is 0.454. The Balaban J connectivity index is 1.86. The van der Waals surface area contributed by atoms with Crippen LogP contribution in [0.2, 0.25) is 0 Å². The molecule has 1 amide bonds. The van der Waals surface area contributed by atoms with Crippen LogP contribution in [-0.2, 0) is 4.79 Å². The fraction of sp³-hybridized carbons (Fsp3) is 0.412. The van der Waals surface area contributed by atoms with Gasteiger partial charge in [0.2, 0.25) is 0 Å². The van der Waals surface area contributed by atoms with Gasteiger partial charge in [-0.15, -0.1) is 0 Å². The molecule has 1 aliphatic heterocycles. The monoisotopic (exact) mass is 378 g/mol. The van der Waals surface area contributed by atoms with E-state index in [0.29, 0.717) is 14.8 Å². The minimum Gasteiger partial charge on any atom is -0.490 e. The Bertz CT molecular complexity index is 757. The lowest BCUT2D eigenvalue weighted by Crippen LogP contribution is -2.39. The predicted molar refractivity (Wildman–Crippen MR) is 102 cm³/mol. The van der Waals surface area contributed by atoms with Gasteiger partial charge in [0.1, 0.15) is 4.32 Å². The van der Waals surface area contributed by atoms with E-state index >= 15 is 0 Å². The van der Waals surface area contributed by atoms with E-state index in [2.05, 4.69) is 0 Å². The van der Waals surface area contributed by atoms with E-state index in [-0.39, 0.29) is 23.4 Å². The van der Waals surface area contributed by atoms with E-state index < -0.39 is 4.92 Å². The van der Waals surface area contributed by atoms with Crippen molar-refractivity contribution in [3.8, 4) is 5.75 Å². The molecule has 1 aromatic carbocycles. The second-order valence-electron chi connectivity index (χ2n) is 6.03. The van der Waals surface area contributed by atoms with Gasteiger partial charge in [0.15, 0.2) is 5.75 Å². The number of nitro benzene ring substituents is 1. The van der Waals surface area contributed by atoms with Gasteiger partial charge in [0.25, 0.3) is 5.91 Å². The highest BCUT2D eigenvalue weighted by atomic mass is 32.2. The van der Waals surface area contributed by atoms with Crippen LogP contribution in [0.25, 0.3) is 6.08 Å². The molecule has 3 rings (SSSR count). The molecule has 0 atom stereocenters. The van der Waals surface area contributed by atoms with Crippen molar-refractivity contribution in [2.45, 2.75) is 38.1 Å². The van der Waals surface area contributed by atoms with Crippen LogP contribution >= 0.6 is 24.0 Å². The van der Waals surface area contributed by atoms with Crippen molar-refractivity contribution >= 4 is 46.0 Å². The second-order valence-corrected chi connectivity index (χ2v) is 7.71. The number of carbonyl (C=O) groups excluding carboxylic acids is 1. The minimum atomic E-state index is -0.497. The molecule has 132 valence electrons. The number of nitrogens with zero attached hydrogens (tertiary/aromatic N) is 2. The maximum absolute atomic E-state index is 12.8. The Kier molecular flexibility index (Phi) is 5.39. The first-order valence-corrected chi connectivity index (χ1v) is 9.33. The molecule has 25 heavy (non-hydrogen) atoms. The van der Waals surface area contributed by atoms with Crippen LogP contribution in [0.5, 0.6) is 5.75 Å². The van der Waals surface area contributed by atoms with Gasteiger partial charge < -0.3 is 4.74 Å². The van der Waals surface area contributed by atoms with Crippen LogP contribution in [-0.4, -0.2) is 33.2 Å². The number of benzene rings is 1. The molecule has 1 saturated carbocycles. The number of hydrogen-bond donors (Lipinski definition) is 0. The number of ether oxygens (including phenoxy) is 1. The summed E-state index contributed by atoms with van der Waals surface area (Å²) < 4.78 is 5.58. The number of thioether (sulfide) groups is 1. The zero-order valence-electron chi connectivity index (χ0n) is 13.8. The average Bonchev–Trinajstić information content (AvgIpc) is 2.89. The van der Waals surface area contributed by atoms with Crippen molar-refractivity contribution in [3.05, 3.63) is 38.8 Å². The lowest BCUT2D eigenvalue weighted by molar-refractivity contribution is -0.385. The number of amides is 1. The smallest absolute Gasteiger partial charge is 0.311 e. The standard InChI is InChI=1S/C17H18N2O4S2/c1-23-14-8-7-11(9-13(14)19(21)22)10-15-16(20)18(17(24)25-15)12-5-3-2-4-6-12/h7-10,12H,2-6H2,1H3/b15-10+. The summed E-state index contributed by atoms with van der Waals surface area (Å²) in [5, 5.41) is 11.1. The van der Waals surface area contributed by atoms with Crippen molar-refractivity contribution in [2.75, 3.05) is 7.11 Å². The van der Waals surface area contributed by atoms with Gasteiger partial charge in [-0.1, -0.05) is 49.3 Å². The molecule has 1 heterocycles. The third-order valence-electron chi connectivity index (χ3n) is 4.46. The van der Waals surface area contributed by atoms with Crippen LogP contribution in [0.1, 0.15) is 37.7 Å². The van der Waals surface area contributed by atoms with Gasteiger partial charge in [-0.3, -0.25) is 19.8 Å². The van der Waals surface area contributed by atoms with E-state index in [1.54, 1.807) is 17.0 Å². The third-order valence-corrected chi connectivity index (χ3v) is 5.79. The number of thiocarbonyl (C=S) groups is 1. The average molecular weight is 378 g/mol. The van der Waals surface area contributed by atoms with Gasteiger partial charge >= 0.3 is 5.69 Å². The number of carbonyl (C=O) groups is 1. The van der Waals surface area contributed by atoms with Crippen LogP contribution in [0.3, 0.4) is 0 Å². The molecular formula is C17H18N2O4S2. The van der Waals surface area contributed by atoms with Crippen LogP contribution in [0.15, 0.2) is 23.1 Å². The molecule has 0 N–H and O–H groups in total. The predicted octanol–water partition coefficient (Wildman–Crippen LogP) is 4.14. The molecule has 0 spiro atoms. The van der Waals surface area contributed by atoms with E-state index in [1.807, 2.05) is 0 Å². The fourth-order valence-corrected chi connectivity index (χ4v) is 4.63. The normalized spacial score (nSPS) is 20.4. The Labute approximate surface area is 155 Å². The Hall–Kier alpha value is -1.93. The Morgan fingerprint density at radius 3 is 2.72 bits per heavy atom. The quantitative estimate of drug-likeness (QED) is 0.339. The Morgan fingerprint density at radius 2 is 2.08 bits per heavy atom. The largest absolute Gasteiger partial charge is 0.490 e. The SMILES string of the molecule is COc1ccc(/C=C2/SC(=S)N(C3CCCCC3)C2=O)cc1[N+](=O)[O-].